The Morgan fingerprint density at radius 3 is 2.75 bits per heavy atom. The van der Waals surface area contributed by atoms with Crippen LogP contribution in [0.4, 0.5) is 0 Å². The van der Waals surface area contributed by atoms with Crippen molar-refractivity contribution in [1.29, 1.82) is 0 Å². The highest BCUT2D eigenvalue weighted by molar-refractivity contribution is 7.09. The van der Waals surface area contributed by atoms with E-state index in [2.05, 4.69) is 31.1 Å². The smallest absolute Gasteiger partial charge is 0.0937 e. The number of hydrogen-bond acceptors (Lipinski definition) is 3. The summed E-state index contributed by atoms with van der Waals surface area (Å²) in [5.41, 5.74) is 0.220. The number of rotatable bonds is 3. The fourth-order valence-corrected chi connectivity index (χ4v) is 1.54. The largest absolute Gasteiger partial charge is 0.312 e. The van der Waals surface area contributed by atoms with E-state index < -0.39 is 0 Å². The van der Waals surface area contributed by atoms with Gasteiger partial charge in [-0.3, -0.25) is 0 Å². The highest BCUT2D eigenvalue weighted by Crippen LogP contribution is 2.05. The minimum absolute atomic E-state index is 0.220. The second kappa shape index (κ2) is 4.01. The fourth-order valence-electron chi connectivity index (χ4n) is 0.921. The Hall–Kier alpha value is -0.410. The fraction of sp³-hybridized carbons (Fsp3) is 0.667. The molecule has 0 saturated carbocycles. The molecule has 0 amide bonds. The highest BCUT2D eigenvalue weighted by Gasteiger charge is 2.07. The lowest BCUT2D eigenvalue weighted by atomic mass is 10.1. The average Bonchev–Trinajstić information content (AvgIpc) is 2.36. The van der Waals surface area contributed by atoms with E-state index >= 15 is 0 Å². The van der Waals surface area contributed by atoms with Crippen molar-refractivity contribution in [3.63, 3.8) is 0 Å². The van der Waals surface area contributed by atoms with Crippen LogP contribution in [0.25, 0.3) is 0 Å². The Morgan fingerprint density at radius 2 is 2.25 bits per heavy atom. The molecule has 1 aromatic rings. The van der Waals surface area contributed by atoms with Gasteiger partial charge >= 0.3 is 0 Å². The third-order valence-electron chi connectivity index (χ3n) is 1.48. The van der Waals surface area contributed by atoms with E-state index in [1.807, 2.05) is 11.6 Å². The standard InChI is InChI=1S/C9H16N2S/c1-9(2,3)11-5-4-8-10-6-7-12-8/h6-7,11H,4-5H2,1-3H3. The molecule has 12 heavy (non-hydrogen) atoms. The summed E-state index contributed by atoms with van der Waals surface area (Å²) in [5, 5.41) is 6.66. The predicted molar refractivity (Wildman–Crippen MR) is 53.6 cm³/mol. The lowest BCUT2D eigenvalue weighted by Gasteiger charge is -2.19. The van der Waals surface area contributed by atoms with E-state index in [-0.39, 0.29) is 5.54 Å². The second-order valence-electron chi connectivity index (χ2n) is 3.85. The Kier molecular flexibility index (Phi) is 3.23. The molecule has 0 aliphatic carbocycles. The lowest BCUT2D eigenvalue weighted by Crippen LogP contribution is -2.37. The molecular weight excluding hydrogens is 168 g/mol. The van der Waals surface area contributed by atoms with Crippen molar-refractivity contribution in [2.24, 2.45) is 0 Å². The first kappa shape index (κ1) is 9.68. The van der Waals surface area contributed by atoms with Crippen LogP contribution in [0.1, 0.15) is 25.8 Å². The highest BCUT2D eigenvalue weighted by atomic mass is 32.1. The number of nitrogens with zero attached hydrogens (tertiary/aromatic N) is 1. The molecule has 0 atom stereocenters. The molecule has 0 radical (unpaired) electrons. The van der Waals surface area contributed by atoms with Crippen LogP contribution in [-0.2, 0) is 6.42 Å². The normalized spacial score (nSPS) is 11.9. The average molecular weight is 184 g/mol. The van der Waals surface area contributed by atoms with Crippen LogP contribution in [0, 0.1) is 0 Å². The zero-order valence-corrected chi connectivity index (χ0v) is 8.74. The molecule has 0 aliphatic heterocycles. The molecule has 0 bridgehead atoms. The molecule has 1 aromatic heterocycles. The molecular formula is C9H16N2S. The van der Waals surface area contributed by atoms with Gasteiger partial charge in [0.25, 0.3) is 0 Å². The molecule has 0 aliphatic rings. The summed E-state index contributed by atoms with van der Waals surface area (Å²) in [6.45, 7) is 7.54. The molecule has 0 saturated heterocycles. The first-order valence-electron chi connectivity index (χ1n) is 4.21. The Labute approximate surface area is 78.0 Å². The minimum atomic E-state index is 0.220. The maximum atomic E-state index is 4.21. The van der Waals surface area contributed by atoms with Crippen molar-refractivity contribution < 1.29 is 0 Å². The number of aromatic nitrogens is 1. The van der Waals surface area contributed by atoms with Crippen LogP contribution in [0.5, 0.6) is 0 Å². The molecule has 0 fully saturated rings. The van der Waals surface area contributed by atoms with Crippen molar-refractivity contribution in [3.05, 3.63) is 16.6 Å². The van der Waals surface area contributed by atoms with Crippen LogP contribution in [0.3, 0.4) is 0 Å². The van der Waals surface area contributed by atoms with Crippen molar-refractivity contribution in [2.45, 2.75) is 32.7 Å². The van der Waals surface area contributed by atoms with E-state index in [4.69, 9.17) is 0 Å². The molecule has 0 aromatic carbocycles. The Morgan fingerprint density at radius 1 is 1.50 bits per heavy atom. The van der Waals surface area contributed by atoms with Gasteiger partial charge in [0.1, 0.15) is 0 Å². The molecule has 0 unspecified atom stereocenters. The summed E-state index contributed by atoms with van der Waals surface area (Å²) in [6.07, 6.45) is 2.89. The molecule has 68 valence electrons. The van der Waals surface area contributed by atoms with Crippen molar-refractivity contribution in [3.8, 4) is 0 Å². The van der Waals surface area contributed by atoms with Gasteiger partial charge in [-0.2, -0.15) is 0 Å². The zero-order chi connectivity index (χ0) is 9.03. The maximum absolute atomic E-state index is 4.21. The minimum Gasteiger partial charge on any atom is -0.312 e. The summed E-state index contributed by atoms with van der Waals surface area (Å²) in [7, 11) is 0. The number of nitrogens with one attached hydrogen (secondary N) is 1. The quantitative estimate of drug-likeness (QED) is 0.778. The van der Waals surface area contributed by atoms with Gasteiger partial charge in [0.15, 0.2) is 0 Å². The van der Waals surface area contributed by atoms with Crippen LogP contribution in [-0.4, -0.2) is 17.1 Å². The van der Waals surface area contributed by atoms with Crippen molar-refractivity contribution in [2.75, 3.05) is 6.54 Å². The van der Waals surface area contributed by atoms with Gasteiger partial charge in [0.05, 0.1) is 5.01 Å². The van der Waals surface area contributed by atoms with E-state index in [1.54, 1.807) is 11.3 Å². The third kappa shape index (κ3) is 3.83. The third-order valence-corrected chi connectivity index (χ3v) is 2.32. The van der Waals surface area contributed by atoms with Crippen LogP contribution in [0.15, 0.2) is 11.6 Å². The van der Waals surface area contributed by atoms with Crippen LogP contribution < -0.4 is 5.32 Å². The zero-order valence-electron chi connectivity index (χ0n) is 7.92. The van der Waals surface area contributed by atoms with Crippen LogP contribution >= 0.6 is 11.3 Å². The SMILES string of the molecule is CC(C)(C)NCCc1nccs1. The number of thiazole rings is 1. The molecule has 3 heteroatoms. The van der Waals surface area contributed by atoms with Gasteiger partial charge in [-0.1, -0.05) is 0 Å². The van der Waals surface area contributed by atoms with Gasteiger partial charge < -0.3 is 5.32 Å². The van der Waals surface area contributed by atoms with Crippen LogP contribution in [0.2, 0.25) is 0 Å². The monoisotopic (exact) mass is 184 g/mol. The first-order chi connectivity index (χ1) is 5.58. The predicted octanol–water partition coefficient (Wildman–Crippen LogP) is 2.07. The van der Waals surface area contributed by atoms with E-state index in [1.165, 1.54) is 5.01 Å². The molecule has 0 spiro atoms. The molecule has 1 rings (SSSR count). The second-order valence-corrected chi connectivity index (χ2v) is 4.83. The van der Waals surface area contributed by atoms with E-state index in [0.29, 0.717) is 0 Å². The Balaban J connectivity index is 2.20. The first-order valence-corrected chi connectivity index (χ1v) is 5.09. The number of hydrogen-bond donors (Lipinski definition) is 1. The van der Waals surface area contributed by atoms with Gasteiger partial charge in [-0.05, 0) is 20.8 Å². The maximum Gasteiger partial charge on any atom is 0.0937 e. The molecule has 2 nitrogen and oxygen atoms in total. The summed E-state index contributed by atoms with van der Waals surface area (Å²) < 4.78 is 0. The molecule has 1 heterocycles. The van der Waals surface area contributed by atoms with Gasteiger partial charge in [-0.25, -0.2) is 4.98 Å². The topological polar surface area (TPSA) is 24.9 Å². The van der Waals surface area contributed by atoms with Crippen molar-refractivity contribution >= 4 is 11.3 Å². The molecule has 1 N–H and O–H groups in total. The van der Waals surface area contributed by atoms with Gasteiger partial charge in [0, 0.05) is 30.1 Å². The summed E-state index contributed by atoms with van der Waals surface area (Å²) >= 11 is 1.72. The van der Waals surface area contributed by atoms with E-state index in [9.17, 15) is 0 Å². The summed E-state index contributed by atoms with van der Waals surface area (Å²) in [6, 6.07) is 0. The Bertz CT molecular complexity index is 211. The van der Waals surface area contributed by atoms with Gasteiger partial charge in [-0.15, -0.1) is 11.3 Å². The van der Waals surface area contributed by atoms with E-state index in [0.717, 1.165) is 13.0 Å². The summed E-state index contributed by atoms with van der Waals surface area (Å²) in [4.78, 5) is 4.21. The lowest BCUT2D eigenvalue weighted by molar-refractivity contribution is 0.429. The summed E-state index contributed by atoms with van der Waals surface area (Å²) in [5.74, 6) is 0. The van der Waals surface area contributed by atoms with Gasteiger partial charge in [0.2, 0.25) is 0 Å². The van der Waals surface area contributed by atoms with Crippen molar-refractivity contribution in [1.82, 2.24) is 10.3 Å².